The molecule has 0 aromatic rings. The monoisotopic (exact) mass is 203 g/mol. The third-order valence-electron chi connectivity index (χ3n) is 1.38. The van der Waals surface area contributed by atoms with E-state index < -0.39 is 6.09 Å². The first-order valence-corrected chi connectivity index (χ1v) is 4.77. The quantitative estimate of drug-likeness (QED) is 0.523. The number of ether oxygens (including phenoxy) is 2. The number of hydrogen-bond donors (Lipinski definition) is 1. The third-order valence-corrected chi connectivity index (χ3v) is 1.38. The lowest BCUT2D eigenvalue weighted by Gasteiger charge is -2.06. The molecule has 1 N–H and O–H groups in total. The molecule has 82 valence electrons. The van der Waals surface area contributed by atoms with Crippen molar-refractivity contribution in [2.24, 2.45) is 0 Å². The van der Waals surface area contributed by atoms with E-state index in [9.17, 15) is 9.59 Å². The maximum Gasteiger partial charge on any atom is 0.410 e. The van der Waals surface area contributed by atoms with Crippen molar-refractivity contribution in [3.8, 4) is 0 Å². The van der Waals surface area contributed by atoms with E-state index in [0.717, 1.165) is 12.8 Å². The normalized spacial score (nSPS) is 9.29. The molecule has 0 rings (SSSR count). The standard InChI is InChI=1S/C9H17NO4/c1-3-5-8(11)13-7-14-9(12)10-6-4-2/h3-7H2,1-2H3,(H,10,12). The molecule has 0 aliphatic heterocycles. The van der Waals surface area contributed by atoms with Gasteiger partial charge in [-0.15, -0.1) is 0 Å². The number of alkyl carbamates (subject to hydrolysis) is 1. The van der Waals surface area contributed by atoms with E-state index in [1.165, 1.54) is 0 Å². The fourth-order valence-corrected chi connectivity index (χ4v) is 0.703. The van der Waals surface area contributed by atoms with Gasteiger partial charge in [0, 0.05) is 13.0 Å². The molecule has 0 radical (unpaired) electrons. The van der Waals surface area contributed by atoms with Crippen LogP contribution >= 0.6 is 0 Å². The van der Waals surface area contributed by atoms with Gasteiger partial charge in [0.05, 0.1) is 0 Å². The van der Waals surface area contributed by atoms with Crippen LogP contribution in [0, 0.1) is 0 Å². The first kappa shape index (κ1) is 12.7. The second-order valence-corrected chi connectivity index (χ2v) is 2.74. The van der Waals surface area contributed by atoms with Crippen LogP contribution in [0.15, 0.2) is 0 Å². The Hall–Kier alpha value is -1.26. The third kappa shape index (κ3) is 7.39. The Kier molecular flexibility index (Phi) is 7.59. The first-order chi connectivity index (χ1) is 6.70. The van der Waals surface area contributed by atoms with Crippen molar-refractivity contribution in [1.82, 2.24) is 5.32 Å². The fourth-order valence-electron chi connectivity index (χ4n) is 0.703. The van der Waals surface area contributed by atoms with Gasteiger partial charge in [0.25, 0.3) is 0 Å². The number of carbonyl (C=O) groups excluding carboxylic acids is 2. The number of esters is 1. The highest BCUT2D eigenvalue weighted by Crippen LogP contribution is 1.91. The van der Waals surface area contributed by atoms with Crippen LogP contribution in [0.1, 0.15) is 33.1 Å². The minimum atomic E-state index is -0.559. The Balaban J connectivity index is 3.34. The topological polar surface area (TPSA) is 64.6 Å². The number of amides is 1. The van der Waals surface area contributed by atoms with E-state index in [4.69, 9.17) is 0 Å². The molecule has 0 aliphatic rings. The van der Waals surface area contributed by atoms with Crippen LogP contribution in [-0.4, -0.2) is 25.4 Å². The lowest BCUT2D eigenvalue weighted by molar-refractivity contribution is -0.151. The van der Waals surface area contributed by atoms with Crippen LogP contribution in [-0.2, 0) is 14.3 Å². The smallest absolute Gasteiger partial charge is 0.410 e. The van der Waals surface area contributed by atoms with E-state index >= 15 is 0 Å². The SMILES string of the molecule is CCCNC(=O)OCOC(=O)CCC. The largest absolute Gasteiger partial charge is 0.428 e. The zero-order valence-electron chi connectivity index (χ0n) is 8.67. The number of nitrogens with one attached hydrogen (secondary N) is 1. The first-order valence-electron chi connectivity index (χ1n) is 4.77. The molecule has 0 fully saturated rings. The maximum atomic E-state index is 10.8. The highest BCUT2D eigenvalue weighted by Gasteiger charge is 2.03. The Morgan fingerprint density at radius 3 is 2.43 bits per heavy atom. The molecule has 0 unspecified atom stereocenters. The molecule has 5 nitrogen and oxygen atoms in total. The van der Waals surface area contributed by atoms with Gasteiger partial charge in [-0.2, -0.15) is 0 Å². The molecule has 0 heterocycles. The molecular weight excluding hydrogens is 186 g/mol. The van der Waals surface area contributed by atoms with Gasteiger partial charge in [-0.25, -0.2) is 4.79 Å². The lowest BCUT2D eigenvalue weighted by atomic mass is 10.3. The summed E-state index contributed by atoms with van der Waals surface area (Å²) >= 11 is 0. The van der Waals surface area contributed by atoms with Gasteiger partial charge in [0.2, 0.25) is 6.79 Å². The Morgan fingerprint density at radius 2 is 1.86 bits per heavy atom. The zero-order chi connectivity index (χ0) is 10.8. The van der Waals surface area contributed by atoms with Gasteiger partial charge in [0.15, 0.2) is 0 Å². The van der Waals surface area contributed by atoms with Gasteiger partial charge in [0.1, 0.15) is 0 Å². The highest BCUT2D eigenvalue weighted by atomic mass is 16.7. The van der Waals surface area contributed by atoms with Crippen LogP contribution in [0.3, 0.4) is 0 Å². The number of hydrogen-bond acceptors (Lipinski definition) is 4. The summed E-state index contributed by atoms with van der Waals surface area (Å²) in [4.78, 5) is 21.6. The summed E-state index contributed by atoms with van der Waals surface area (Å²) in [5.41, 5.74) is 0. The average molecular weight is 203 g/mol. The van der Waals surface area contributed by atoms with Crippen LogP contribution in [0.2, 0.25) is 0 Å². The van der Waals surface area contributed by atoms with Crippen molar-refractivity contribution < 1.29 is 19.1 Å². The maximum absolute atomic E-state index is 10.8. The molecule has 0 aromatic heterocycles. The van der Waals surface area contributed by atoms with Gasteiger partial charge >= 0.3 is 12.1 Å². The zero-order valence-corrected chi connectivity index (χ0v) is 8.67. The van der Waals surface area contributed by atoms with Gasteiger partial charge < -0.3 is 14.8 Å². The van der Waals surface area contributed by atoms with E-state index in [-0.39, 0.29) is 12.8 Å². The minimum Gasteiger partial charge on any atom is -0.428 e. The predicted octanol–water partition coefficient (Wildman–Crippen LogP) is 1.42. The summed E-state index contributed by atoms with van der Waals surface area (Å²) in [5, 5.41) is 2.49. The van der Waals surface area contributed by atoms with E-state index in [1.54, 1.807) is 0 Å². The van der Waals surface area contributed by atoms with Crippen molar-refractivity contribution >= 4 is 12.1 Å². The van der Waals surface area contributed by atoms with Crippen LogP contribution in [0.4, 0.5) is 4.79 Å². The average Bonchev–Trinajstić information content (AvgIpc) is 2.15. The highest BCUT2D eigenvalue weighted by molar-refractivity contribution is 5.70. The lowest BCUT2D eigenvalue weighted by Crippen LogP contribution is -2.26. The van der Waals surface area contributed by atoms with Crippen molar-refractivity contribution in [3.05, 3.63) is 0 Å². The molecule has 0 atom stereocenters. The van der Waals surface area contributed by atoms with Crippen molar-refractivity contribution in [1.29, 1.82) is 0 Å². The summed E-state index contributed by atoms with van der Waals surface area (Å²) in [6.07, 6.45) is 1.35. The number of rotatable bonds is 6. The molecule has 0 saturated heterocycles. The molecule has 1 amide bonds. The van der Waals surface area contributed by atoms with Gasteiger partial charge in [-0.3, -0.25) is 4.79 Å². The summed E-state index contributed by atoms with van der Waals surface area (Å²) in [6.45, 7) is 4.05. The molecule has 0 spiro atoms. The second kappa shape index (κ2) is 8.34. The Labute approximate surface area is 83.8 Å². The Morgan fingerprint density at radius 1 is 1.14 bits per heavy atom. The van der Waals surface area contributed by atoms with E-state index in [0.29, 0.717) is 13.0 Å². The minimum absolute atomic E-state index is 0.311. The van der Waals surface area contributed by atoms with Crippen molar-refractivity contribution in [2.45, 2.75) is 33.1 Å². The van der Waals surface area contributed by atoms with Gasteiger partial charge in [-0.05, 0) is 12.8 Å². The molecule has 0 aromatic carbocycles. The summed E-state index contributed by atoms with van der Waals surface area (Å²) in [5.74, 6) is -0.351. The molecule has 0 aliphatic carbocycles. The van der Waals surface area contributed by atoms with Crippen LogP contribution in [0.25, 0.3) is 0 Å². The predicted molar refractivity (Wildman–Crippen MR) is 50.6 cm³/mol. The molecule has 5 heteroatoms. The van der Waals surface area contributed by atoms with Crippen molar-refractivity contribution in [2.75, 3.05) is 13.3 Å². The number of carbonyl (C=O) groups is 2. The molecule has 14 heavy (non-hydrogen) atoms. The molecule has 0 bridgehead atoms. The van der Waals surface area contributed by atoms with Crippen molar-refractivity contribution in [3.63, 3.8) is 0 Å². The van der Waals surface area contributed by atoms with Gasteiger partial charge in [-0.1, -0.05) is 13.8 Å². The molecular formula is C9H17NO4. The summed E-state index contributed by atoms with van der Waals surface area (Å²) in [7, 11) is 0. The van der Waals surface area contributed by atoms with Crippen LogP contribution in [0.5, 0.6) is 0 Å². The fraction of sp³-hybridized carbons (Fsp3) is 0.778. The Bertz CT molecular complexity index is 182. The summed E-state index contributed by atoms with van der Waals surface area (Å²) in [6, 6.07) is 0. The molecule has 0 saturated carbocycles. The van der Waals surface area contributed by atoms with E-state index in [1.807, 2.05) is 13.8 Å². The van der Waals surface area contributed by atoms with E-state index in [2.05, 4.69) is 14.8 Å². The van der Waals surface area contributed by atoms with Crippen LogP contribution < -0.4 is 5.32 Å². The summed E-state index contributed by atoms with van der Waals surface area (Å²) < 4.78 is 9.18. The second-order valence-electron chi connectivity index (χ2n) is 2.74.